The van der Waals surface area contributed by atoms with E-state index in [1.807, 2.05) is 26.5 Å². The molecule has 2 aromatic heterocycles. The number of benzene rings is 3. The predicted octanol–water partition coefficient (Wildman–Crippen LogP) is 7.71. The zero-order chi connectivity index (χ0) is 55.1. The highest BCUT2D eigenvalue weighted by molar-refractivity contribution is 6.25. The Balaban J connectivity index is 0.675. The second kappa shape index (κ2) is 20.5. The van der Waals surface area contributed by atoms with Crippen LogP contribution in [-0.4, -0.2) is 139 Å². The van der Waals surface area contributed by atoms with Gasteiger partial charge in [0.15, 0.2) is 5.82 Å². The minimum Gasteiger partial charge on any atom is -0.382 e. The Hall–Kier alpha value is -7.54. The first-order chi connectivity index (χ1) is 38.7. The van der Waals surface area contributed by atoms with Crippen LogP contribution in [0.15, 0.2) is 73.1 Å². The number of hydrogen-bond acceptors (Lipinski definition) is 12. The number of carbonyl (C=O) groups excluding carboxylic acids is 7. The van der Waals surface area contributed by atoms with Crippen molar-refractivity contribution in [2.24, 2.45) is 11.8 Å². The van der Waals surface area contributed by atoms with Crippen LogP contribution in [-0.2, 0) is 29.4 Å². The van der Waals surface area contributed by atoms with Crippen LogP contribution in [0.4, 0.5) is 27.3 Å². The monoisotopic (exact) mass is 1090 g/mol. The molecule has 0 bridgehead atoms. The second-order valence-corrected chi connectivity index (χ2v) is 23.9. The lowest BCUT2D eigenvalue weighted by Gasteiger charge is -2.48. The molecule has 7 amide bonds. The van der Waals surface area contributed by atoms with E-state index >= 15 is 9.18 Å². The van der Waals surface area contributed by atoms with Crippen molar-refractivity contribution in [2.45, 2.75) is 139 Å². The number of fused-ring (bicyclic) bond motifs is 4. The summed E-state index contributed by atoms with van der Waals surface area (Å²) in [6.45, 7) is 8.07. The number of para-hydroxylation sites is 1. The zero-order valence-corrected chi connectivity index (χ0v) is 45.4. The lowest BCUT2D eigenvalue weighted by atomic mass is 9.73. The summed E-state index contributed by atoms with van der Waals surface area (Å²) in [5.41, 5.74) is 5.32. The van der Waals surface area contributed by atoms with Gasteiger partial charge in [0.2, 0.25) is 29.5 Å². The molecule has 6 aliphatic heterocycles. The number of rotatable bonds is 11. The van der Waals surface area contributed by atoms with Gasteiger partial charge in [0, 0.05) is 79.6 Å². The molecule has 3 N–H and O–H groups in total. The number of nitrogens with zero attached hydrogens (tertiary/aromatic N) is 8. The van der Waals surface area contributed by atoms with E-state index in [1.54, 1.807) is 42.7 Å². The molecular formula is C61H68FN11O7. The van der Waals surface area contributed by atoms with Crippen molar-refractivity contribution >= 4 is 75.3 Å². The summed E-state index contributed by atoms with van der Waals surface area (Å²) < 4.78 is 17.2. The Labute approximate surface area is 463 Å². The zero-order valence-electron chi connectivity index (χ0n) is 45.4. The van der Waals surface area contributed by atoms with Crippen LogP contribution in [0.25, 0.3) is 22.3 Å². The fourth-order valence-corrected chi connectivity index (χ4v) is 14.5. The highest BCUT2D eigenvalue weighted by Gasteiger charge is 2.56. The van der Waals surface area contributed by atoms with E-state index in [1.165, 1.54) is 25.3 Å². The summed E-state index contributed by atoms with van der Waals surface area (Å²) >= 11 is 0. The van der Waals surface area contributed by atoms with Crippen molar-refractivity contribution in [3.8, 4) is 11.3 Å². The van der Waals surface area contributed by atoms with Gasteiger partial charge in [0.25, 0.3) is 11.8 Å². The molecular weight excluding hydrogens is 1020 g/mol. The van der Waals surface area contributed by atoms with E-state index in [-0.39, 0.29) is 71.7 Å². The second-order valence-electron chi connectivity index (χ2n) is 23.9. The Bertz CT molecular complexity index is 3370. The molecule has 18 nitrogen and oxygen atoms in total. The maximum Gasteiger partial charge on any atom is 0.264 e. The van der Waals surface area contributed by atoms with Crippen LogP contribution in [0.3, 0.4) is 0 Å². The average Bonchev–Trinajstić information content (AvgIpc) is 4.43. The number of likely N-dealkylation sites (tertiary alicyclic amines) is 3. The molecule has 2 aliphatic carbocycles. The Morgan fingerprint density at radius 1 is 0.750 bits per heavy atom. The van der Waals surface area contributed by atoms with Crippen LogP contribution < -0.4 is 20.9 Å². The van der Waals surface area contributed by atoms with Gasteiger partial charge in [-0.2, -0.15) is 0 Å². The number of piperidine rings is 3. The standard InChI is InChI=1S/C61H68FN11O7/c1-35(2)71-34-63-48-32-47(66-54(53(48)71)65-45-11-5-4-10-44(45)62)37-15-18-43-50(29-37)72(41-30-40(31-41)68-24-6-3-7-25-68)60(80)61(43)22-27-69(28-23-61)57(77)38-21-26-70(33-38)56(76)36-13-16-39(17-14-36)64-46-12-8-9-42-52(46)59(79)73(58(42)78)49-19-20-51(74)67-55(49)75/h4-5,8-12,15,18,29,32,34-36,38-41,49,64H,3,6-7,13-14,16-17,19-28,30-31,33H2,1-2H3,(H,65,66)(H,67,74,75)/t36-,38-,39-,40-,41+,49?/m1/s1. The number of pyridine rings is 1. The molecule has 2 atom stereocenters. The van der Waals surface area contributed by atoms with Gasteiger partial charge >= 0.3 is 0 Å². The quantitative estimate of drug-likeness (QED) is 0.109. The van der Waals surface area contributed by atoms with E-state index in [9.17, 15) is 28.8 Å². The maximum absolute atomic E-state index is 15.3. The number of amides is 7. The summed E-state index contributed by atoms with van der Waals surface area (Å²) in [5, 5.41) is 8.99. The summed E-state index contributed by atoms with van der Waals surface area (Å²) in [4.78, 5) is 115. The number of aromatic nitrogens is 3. The first-order valence-corrected chi connectivity index (χ1v) is 29.0. The van der Waals surface area contributed by atoms with Gasteiger partial charge in [-0.15, -0.1) is 0 Å². The van der Waals surface area contributed by atoms with Crippen molar-refractivity contribution in [3.05, 3.63) is 95.6 Å². The molecule has 13 rings (SSSR count). The molecule has 8 heterocycles. The smallest absolute Gasteiger partial charge is 0.264 e. The largest absolute Gasteiger partial charge is 0.382 e. The third-order valence-corrected chi connectivity index (χ3v) is 19.0. The average molecular weight is 1090 g/mol. The van der Waals surface area contributed by atoms with Crippen LogP contribution in [0.2, 0.25) is 0 Å². The molecule has 8 aliphatic rings. The molecule has 5 aromatic rings. The fourth-order valence-electron chi connectivity index (χ4n) is 14.5. The van der Waals surface area contributed by atoms with E-state index in [0.717, 1.165) is 58.7 Å². The van der Waals surface area contributed by atoms with Gasteiger partial charge in [-0.1, -0.05) is 36.8 Å². The van der Waals surface area contributed by atoms with E-state index in [4.69, 9.17) is 9.97 Å². The summed E-state index contributed by atoms with van der Waals surface area (Å²) in [5.74, 6) is -2.44. The molecule has 80 heavy (non-hydrogen) atoms. The van der Waals surface area contributed by atoms with Gasteiger partial charge in [0.05, 0.1) is 45.7 Å². The molecule has 0 radical (unpaired) electrons. The number of halogens is 1. The van der Waals surface area contributed by atoms with Crippen molar-refractivity contribution < 1.29 is 38.0 Å². The molecule has 1 spiro atoms. The Morgan fingerprint density at radius 3 is 2.25 bits per heavy atom. The van der Waals surface area contributed by atoms with E-state index in [2.05, 4.69) is 51.7 Å². The van der Waals surface area contributed by atoms with Crippen molar-refractivity contribution in [1.29, 1.82) is 0 Å². The molecule has 19 heteroatoms. The minimum absolute atomic E-state index is 0.0325. The molecule has 6 fully saturated rings. The van der Waals surface area contributed by atoms with Crippen molar-refractivity contribution in [2.75, 3.05) is 54.8 Å². The predicted molar refractivity (Wildman–Crippen MR) is 297 cm³/mol. The number of anilines is 4. The lowest BCUT2D eigenvalue weighted by Crippen LogP contribution is -2.58. The summed E-state index contributed by atoms with van der Waals surface area (Å²) in [7, 11) is 0. The Morgan fingerprint density at radius 2 is 1.50 bits per heavy atom. The molecule has 2 saturated carbocycles. The minimum atomic E-state index is -1.05. The van der Waals surface area contributed by atoms with E-state index in [0.29, 0.717) is 100 Å². The number of imide groups is 2. The molecule has 416 valence electrons. The first-order valence-electron chi connectivity index (χ1n) is 29.0. The van der Waals surface area contributed by atoms with Crippen LogP contribution in [0.1, 0.15) is 136 Å². The third kappa shape index (κ3) is 8.90. The SMILES string of the molecule is CC(C)n1cnc2cc(-c3ccc4c(c3)N([C@H]3C[C@@H](N5CCCCC5)C3)C(=O)C43CCN(C(=O)[C@@H]4CCN(C(=O)[C@H]5CC[C@H](Nc6cccc7c6C(=O)N(C6CCC(=O)NC6=O)C7=O)CC5)C4)CC3)nc(Nc3ccccc3F)c21. The maximum atomic E-state index is 15.3. The van der Waals surface area contributed by atoms with Gasteiger partial charge in [-0.25, -0.2) is 14.4 Å². The first kappa shape index (κ1) is 51.9. The highest BCUT2D eigenvalue weighted by atomic mass is 19.1. The highest BCUT2D eigenvalue weighted by Crippen LogP contribution is 2.53. The van der Waals surface area contributed by atoms with Crippen LogP contribution in [0.5, 0.6) is 0 Å². The van der Waals surface area contributed by atoms with Crippen molar-refractivity contribution in [3.63, 3.8) is 0 Å². The van der Waals surface area contributed by atoms with Crippen molar-refractivity contribution in [1.82, 2.24) is 39.5 Å². The molecule has 1 unspecified atom stereocenters. The van der Waals surface area contributed by atoms with E-state index < -0.39 is 40.9 Å². The molecule has 4 saturated heterocycles. The topological polar surface area (TPSA) is 202 Å². The summed E-state index contributed by atoms with van der Waals surface area (Å²) in [6.07, 6.45) is 11.6. The van der Waals surface area contributed by atoms with Gasteiger partial charge < -0.3 is 34.8 Å². The van der Waals surface area contributed by atoms with Gasteiger partial charge in [0.1, 0.15) is 17.4 Å². The number of hydrogen-bond donors (Lipinski definition) is 3. The molecule has 3 aromatic carbocycles. The summed E-state index contributed by atoms with van der Waals surface area (Å²) in [6, 6.07) is 19.3. The normalized spacial score (nSPS) is 25.8. The van der Waals surface area contributed by atoms with Gasteiger partial charge in [-0.05, 0) is 146 Å². The number of nitrogens with one attached hydrogen (secondary N) is 3. The Kier molecular flexibility index (Phi) is 13.3. The van der Waals surface area contributed by atoms with Crippen LogP contribution >= 0.6 is 0 Å². The van der Waals surface area contributed by atoms with Crippen LogP contribution in [0, 0.1) is 17.7 Å². The third-order valence-electron chi connectivity index (χ3n) is 19.0. The lowest BCUT2D eigenvalue weighted by molar-refractivity contribution is -0.140. The number of imidazole rings is 1. The fraction of sp³-hybridized carbons (Fsp3) is 0.492. The number of carbonyl (C=O) groups is 7. The van der Waals surface area contributed by atoms with Gasteiger partial charge in [-0.3, -0.25) is 43.8 Å².